The maximum absolute atomic E-state index is 13.9. The molecule has 0 saturated carbocycles. The van der Waals surface area contributed by atoms with E-state index in [1.807, 2.05) is 35.7 Å². The number of nitrogens with two attached hydrogens (primary N) is 1. The normalized spacial score (nSPS) is 14.1. The second-order valence-corrected chi connectivity index (χ2v) is 10.1. The Morgan fingerprint density at radius 3 is 2.53 bits per heavy atom. The van der Waals surface area contributed by atoms with Gasteiger partial charge in [-0.1, -0.05) is 29.8 Å². The smallest absolute Gasteiger partial charge is 0.228 e. The van der Waals surface area contributed by atoms with Crippen LogP contribution in [0.1, 0.15) is 5.56 Å². The molecular formula is C26H23ClFN7S. The van der Waals surface area contributed by atoms with Gasteiger partial charge in [0.15, 0.2) is 5.65 Å². The average molecular weight is 520 g/mol. The lowest BCUT2D eigenvalue weighted by molar-refractivity contribution is 0.625. The molecule has 7 nitrogen and oxygen atoms in total. The highest BCUT2D eigenvalue weighted by molar-refractivity contribution is 7.13. The molecule has 1 saturated heterocycles. The summed E-state index contributed by atoms with van der Waals surface area (Å²) in [7, 11) is 0. The van der Waals surface area contributed by atoms with E-state index >= 15 is 0 Å². The van der Waals surface area contributed by atoms with Crippen molar-refractivity contribution >= 4 is 51.4 Å². The van der Waals surface area contributed by atoms with Crippen LogP contribution < -0.4 is 15.5 Å². The van der Waals surface area contributed by atoms with Gasteiger partial charge in [-0.15, -0.1) is 16.4 Å². The zero-order valence-corrected chi connectivity index (χ0v) is 21.1. The van der Waals surface area contributed by atoms with E-state index in [0.717, 1.165) is 47.5 Å². The van der Waals surface area contributed by atoms with Gasteiger partial charge in [0.25, 0.3) is 0 Å². The molecule has 0 unspecified atom stereocenters. The molecule has 3 aromatic heterocycles. The molecule has 0 amide bonds. The van der Waals surface area contributed by atoms with E-state index < -0.39 is 0 Å². The minimum absolute atomic E-state index is 0.357. The number of halogens is 2. The lowest BCUT2D eigenvalue weighted by atomic mass is 10.1. The van der Waals surface area contributed by atoms with E-state index in [-0.39, 0.29) is 5.82 Å². The Balaban J connectivity index is 1.38. The predicted octanol–water partition coefficient (Wildman–Crippen LogP) is 5.55. The Hall–Kier alpha value is -3.69. The third-order valence-corrected chi connectivity index (χ3v) is 7.55. The van der Waals surface area contributed by atoms with E-state index in [0.29, 0.717) is 28.5 Å². The van der Waals surface area contributed by atoms with Crippen LogP contribution in [-0.4, -0.2) is 45.9 Å². The zero-order chi connectivity index (χ0) is 24.8. The zero-order valence-electron chi connectivity index (χ0n) is 19.5. The molecule has 0 spiro atoms. The van der Waals surface area contributed by atoms with Gasteiger partial charge in [-0.25, -0.2) is 14.1 Å². The number of aromatic nitrogens is 4. The van der Waals surface area contributed by atoms with Gasteiger partial charge in [0.05, 0.1) is 21.6 Å². The molecule has 0 radical (unpaired) electrons. The van der Waals surface area contributed by atoms with Crippen molar-refractivity contribution in [2.45, 2.75) is 6.92 Å². The van der Waals surface area contributed by atoms with Crippen LogP contribution in [0.3, 0.4) is 0 Å². The number of thiophene rings is 1. The molecule has 0 bridgehead atoms. The summed E-state index contributed by atoms with van der Waals surface area (Å²) in [5.41, 5.74) is 10.6. The number of hydrogen-bond acceptors (Lipinski definition) is 7. The molecule has 1 aliphatic heterocycles. The van der Waals surface area contributed by atoms with Crippen LogP contribution in [0.2, 0.25) is 5.02 Å². The van der Waals surface area contributed by atoms with Crippen LogP contribution >= 0.6 is 22.9 Å². The number of rotatable bonds is 4. The lowest BCUT2D eigenvalue weighted by Gasteiger charge is -2.37. The molecule has 2 N–H and O–H groups in total. The second-order valence-electron chi connectivity index (χ2n) is 8.73. The molecule has 36 heavy (non-hydrogen) atoms. The maximum atomic E-state index is 13.9. The Kier molecular flexibility index (Phi) is 5.73. The van der Waals surface area contributed by atoms with Crippen molar-refractivity contribution in [3.63, 3.8) is 0 Å². The first-order valence-corrected chi connectivity index (χ1v) is 12.9. The van der Waals surface area contributed by atoms with Gasteiger partial charge in [-0.05, 0) is 54.3 Å². The standard InChI is InChI=1S/C26H23ClFN7S/c1-16-7-8-17(27)14-20(16)33-9-11-34(12-10-33)26-30-23(21-6-3-13-36-21)22-24(29)35(32-25(22)31-26)19-5-2-4-18(28)15-19/h2-8,13-15H,9-12,29H2,1H3. The van der Waals surface area contributed by atoms with Gasteiger partial charge < -0.3 is 15.5 Å². The molecule has 2 aromatic carbocycles. The van der Waals surface area contributed by atoms with Crippen LogP contribution in [0.5, 0.6) is 0 Å². The number of fused-ring (bicyclic) bond motifs is 1. The fraction of sp³-hybridized carbons (Fsp3) is 0.192. The number of nitrogens with zero attached hydrogens (tertiary/aromatic N) is 6. The third kappa shape index (κ3) is 4.04. The summed E-state index contributed by atoms with van der Waals surface area (Å²) >= 11 is 7.83. The average Bonchev–Trinajstić information content (AvgIpc) is 3.54. The SMILES string of the molecule is Cc1ccc(Cl)cc1N1CCN(c2nc(-c3cccs3)c3c(N)n(-c4cccc(F)c4)nc3n2)CC1. The molecule has 4 heterocycles. The Labute approximate surface area is 216 Å². The molecule has 1 fully saturated rings. The van der Waals surface area contributed by atoms with Crippen molar-refractivity contribution in [3.05, 3.63) is 76.4 Å². The summed E-state index contributed by atoms with van der Waals surface area (Å²) in [6.07, 6.45) is 0. The van der Waals surface area contributed by atoms with Crippen molar-refractivity contribution in [2.75, 3.05) is 41.7 Å². The maximum Gasteiger partial charge on any atom is 0.228 e. The van der Waals surface area contributed by atoms with Gasteiger partial charge in [0.2, 0.25) is 5.95 Å². The van der Waals surface area contributed by atoms with E-state index in [1.165, 1.54) is 22.4 Å². The fourth-order valence-electron chi connectivity index (χ4n) is 4.61. The van der Waals surface area contributed by atoms with E-state index in [9.17, 15) is 4.39 Å². The van der Waals surface area contributed by atoms with Crippen molar-refractivity contribution in [2.24, 2.45) is 0 Å². The minimum atomic E-state index is -0.357. The predicted molar refractivity (Wildman–Crippen MR) is 145 cm³/mol. The van der Waals surface area contributed by atoms with Crippen molar-refractivity contribution in [1.29, 1.82) is 0 Å². The quantitative estimate of drug-likeness (QED) is 0.335. The van der Waals surface area contributed by atoms with Crippen LogP contribution in [0.25, 0.3) is 27.3 Å². The molecule has 0 atom stereocenters. The van der Waals surface area contributed by atoms with Crippen LogP contribution in [0.4, 0.5) is 21.8 Å². The Morgan fingerprint density at radius 1 is 0.972 bits per heavy atom. The van der Waals surface area contributed by atoms with E-state index in [1.54, 1.807) is 23.5 Å². The first-order valence-electron chi connectivity index (χ1n) is 11.6. The van der Waals surface area contributed by atoms with E-state index in [2.05, 4.69) is 21.8 Å². The Bertz CT molecular complexity index is 1560. The highest BCUT2D eigenvalue weighted by Gasteiger charge is 2.25. The minimum Gasteiger partial charge on any atom is -0.383 e. The van der Waals surface area contributed by atoms with Crippen molar-refractivity contribution in [3.8, 4) is 16.3 Å². The Morgan fingerprint density at radius 2 is 1.78 bits per heavy atom. The van der Waals surface area contributed by atoms with Gasteiger partial charge in [0.1, 0.15) is 11.6 Å². The fourth-order valence-corrected chi connectivity index (χ4v) is 5.49. The highest BCUT2D eigenvalue weighted by atomic mass is 35.5. The van der Waals surface area contributed by atoms with Gasteiger partial charge >= 0.3 is 0 Å². The van der Waals surface area contributed by atoms with Crippen molar-refractivity contribution in [1.82, 2.24) is 19.7 Å². The third-order valence-electron chi connectivity index (χ3n) is 6.44. The first kappa shape index (κ1) is 22.8. The summed E-state index contributed by atoms with van der Waals surface area (Å²) in [4.78, 5) is 15.2. The summed E-state index contributed by atoms with van der Waals surface area (Å²) in [5, 5.41) is 8.06. The molecule has 1 aliphatic rings. The monoisotopic (exact) mass is 519 g/mol. The molecule has 10 heteroatoms. The topological polar surface area (TPSA) is 76.1 Å². The van der Waals surface area contributed by atoms with Crippen LogP contribution in [0, 0.1) is 12.7 Å². The summed E-state index contributed by atoms with van der Waals surface area (Å²) in [6, 6.07) is 16.2. The number of aryl methyl sites for hydroxylation is 1. The van der Waals surface area contributed by atoms with Gasteiger partial charge in [-0.2, -0.15) is 4.98 Å². The van der Waals surface area contributed by atoms with Gasteiger partial charge in [0, 0.05) is 36.9 Å². The highest BCUT2D eigenvalue weighted by Crippen LogP contribution is 2.36. The van der Waals surface area contributed by atoms with Crippen LogP contribution in [0.15, 0.2) is 60.0 Å². The second kappa shape index (κ2) is 9.07. The van der Waals surface area contributed by atoms with E-state index in [4.69, 9.17) is 27.3 Å². The summed E-state index contributed by atoms with van der Waals surface area (Å²) < 4.78 is 15.5. The summed E-state index contributed by atoms with van der Waals surface area (Å²) in [5.74, 6) is 0.633. The molecule has 182 valence electrons. The molecule has 0 aliphatic carbocycles. The van der Waals surface area contributed by atoms with Crippen LogP contribution in [-0.2, 0) is 0 Å². The lowest BCUT2D eigenvalue weighted by Crippen LogP contribution is -2.47. The summed E-state index contributed by atoms with van der Waals surface area (Å²) in [6.45, 7) is 5.23. The molecular weight excluding hydrogens is 497 g/mol. The number of hydrogen-bond donors (Lipinski definition) is 1. The number of anilines is 3. The largest absolute Gasteiger partial charge is 0.383 e. The molecule has 5 aromatic rings. The van der Waals surface area contributed by atoms with Crippen molar-refractivity contribution < 1.29 is 4.39 Å². The number of nitrogen functional groups attached to an aromatic ring is 1. The first-order chi connectivity index (χ1) is 17.5. The molecule has 6 rings (SSSR count). The number of piperazine rings is 1. The number of benzene rings is 2. The van der Waals surface area contributed by atoms with Gasteiger partial charge in [-0.3, -0.25) is 0 Å².